The molecule has 26 heavy (non-hydrogen) atoms. The van der Waals surface area contributed by atoms with E-state index >= 15 is 0 Å². The molecule has 2 nitrogen and oxygen atoms in total. The fourth-order valence-electron chi connectivity index (χ4n) is 3.32. The summed E-state index contributed by atoms with van der Waals surface area (Å²) in [6.07, 6.45) is 14.9. The van der Waals surface area contributed by atoms with Crippen LogP contribution in [0.15, 0.2) is 60.7 Å². The van der Waals surface area contributed by atoms with Crippen LogP contribution in [0, 0.1) is 0 Å². The molecule has 0 atom stereocenters. The van der Waals surface area contributed by atoms with Crippen molar-refractivity contribution in [2.45, 2.75) is 45.4 Å². The minimum Gasteiger partial charge on any atom is -0.280 e. The van der Waals surface area contributed by atoms with Crippen molar-refractivity contribution in [3.8, 4) is 0 Å². The second kappa shape index (κ2) is 9.19. The largest absolute Gasteiger partial charge is 0.280 e. The Morgan fingerprint density at radius 1 is 0.846 bits per heavy atom. The first-order chi connectivity index (χ1) is 12.8. The Hall–Kier alpha value is -2.61. The number of nitrogens with zero attached hydrogens (tertiary/aromatic N) is 1. The van der Waals surface area contributed by atoms with E-state index in [4.69, 9.17) is 0 Å². The van der Waals surface area contributed by atoms with Gasteiger partial charge in [-0.15, -0.1) is 0 Å². The summed E-state index contributed by atoms with van der Waals surface area (Å²) in [5, 5.41) is 0. The zero-order chi connectivity index (χ0) is 18.2. The molecular formula is C24H27NO. The number of hydrogen-bond donors (Lipinski definition) is 0. The fourth-order valence-corrected chi connectivity index (χ4v) is 3.32. The molecule has 1 aliphatic rings. The van der Waals surface area contributed by atoms with Gasteiger partial charge >= 0.3 is 0 Å². The van der Waals surface area contributed by atoms with E-state index in [2.05, 4.69) is 37.3 Å². The maximum absolute atomic E-state index is 13.1. The molecule has 0 fully saturated rings. The third kappa shape index (κ3) is 4.32. The molecule has 1 aliphatic heterocycles. The molecule has 2 heteroatoms. The summed E-state index contributed by atoms with van der Waals surface area (Å²) >= 11 is 0. The number of amides is 1. The standard InChI is InChI=1S/C24H27NO/c1-2-3-4-5-6-7-8-17-24(26)25-22-15-11-9-13-20(22)18-19-21-14-10-12-16-23(21)25/h7-16,18-19H,2-6,17H2,1H3/b8-7+. The van der Waals surface area contributed by atoms with Crippen LogP contribution in [0.4, 0.5) is 11.4 Å². The Morgan fingerprint density at radius 2 is 1.46 bits per heavy atom. The van der Waals surface area contributed by atoms with Gasteiger partial charge in [0.15, 0.2) is 0 Å². The molecule has 0 N–H and O–H groups in total. The van der Waals surface area contributed by atoms with E-state index in [1.165, 1.54) is 25.7 Å². The van der Waals surface area contributed by atoms with E-state index in [-0.39, 0.29) is 5.91 Å². The molecule has 0 radical (unpaired) electrons. The number of hydrogen-bond acceptors (Lipinski definition) is 1. The SMILES string of the molecule is CCCCCC/C=C/CC(=O)N1c2ccccc2C=Cc2ccccc21. The van der Waals surface area contributed by atoms with Gasteiger partial charge in [0.1, 0.15) is 0 Å². The van der Waals surface area contributed by atoms with Crippen molar-refractivity contribution in [3.63, 3.8) is 0 Å². The van der Waals surface area contributed by atoms with Gasteiger partial charge < -0.3 is 0 Å². The van der Waals surface area contributed by atoms with Crippen LogP contribution in [-0.4, -0.2) is 5.91 Å². The topological polar surface area (TPSA) is 20.3 Å². The Balaban J connectivity index is 1.77. The van der Waals surface area contributed by atoms with Crippen LogP contribution < -0.4 is 4.90 Å². The number of para-hydroxylation sites is 2. The lowest BCUT2D eigenvalue weighted by Crippen LogP contribution is -2.26. The molecule has 1 heterocycles. The van der Waals surface area contributed by atoms with Crippen LogP contribution in [-0.2, 0) is 4.79 Å². The highest BCUT2D eigenvalue weighted by atomic mass is 16.2. The molecule has 0 bridgehead atoms. The highest BCUT2D eigenvalue weighted by Crippen LogP contribution is 2.36. The van der Waals surface area contributed by atoms with Crippen LogP contribution >= 0.6 is 0 Å². The highest BCUT2D eigenvalue weighted by Gasteiger charge is 2.22. The van der Waals surface area contributed by atoms with Crippen LogP contribution in [0.3, 0.4) is 0 Å². The van der Waals surface area contributed by atoms with Crippen LogP contribution in [0.1, 0.15) is 56.6 Å². The van der Waals surface area contributed by atoms with E-state index < -0.39 is 0 Å². The molecule has 3 rings (SSSR count). The van der Waals surface area contributed by atoms with Crippen molar-refractivity contribution in [3.05, 3.63) is 71.8 Å². The van der Waals surface area contributed by atoms with Gasteiger partial charge in [0.2, 0.25) is 5.91 Å². The van der Waals surface area contributed by atoms with Gasteiger partial charge in [-0.25, -0.2) is 0 Å². The molecule has 0 saturated heterocycles. The Morgan fingerprint density at radius 3 is 2.08 bits per heavy atom. The van der Waals surface area contributed by atoms with Crippen molar-refractivity contribution in [1.82, 2.24) is 0 Å². The maximum atomic E-state index is 13.1. The van der Waals surface area contributed by atoms with E-state index in [9.17, 15) is 4.79 Å². The number of benzene rings is 2. The summed E-state index contributed by atoms with van der Waals surface area (Å²) < 4.78 is 0. The number of carbonyl (C=O) groups excluding carboxylic acids is 1. The second-order valence-corrected chi connectivity index (χ2v) is 6.70. The molecule has 1 amide bonds. The summed E-state index contributed by atoms with van der Waals surface area (Å²) in [4.78, 5) is 14.9. The van der Waals surface area contributed by atoms with Crippen molar-refractivity contribution >= 4 is 29.4 Å². The van der Waals surface area contributed by atoms with Crippen LogP contribution in [0.5, 0.6) is 0 Å². The summed E-state index contributed by atoms with van der Waals surface area (Å²) in [6.45, 7) is 2.22. The van der Waals surface area contributed by atoms with E-state index in [0.717, 1.165) is 28.9 Å². The number of anilines is 2. The van der Waals surface area contributed by atoms with Crippen molar-refractivity contribution in [2.75, 3.05) is 4.90 Å². The van der Waals surface area contributed by atoms with Gasteiger partial charge in [-0.1, -0.05) is 86.9 Å². The minimum atomic E-state index is 0.110. The monoisotopic (exact) mass is 345 g/mol. The number of fused-ring (bicyclic) bond motifs is 2. The average Bonchev–Trinajstić information content (AvgIpc) is 2.84. The van der Waals surface area contributed by atoms with Gasteiger partial charge in [-0.05, 0) is 36.1 Å². The number of rotatable bonds is 7. The lowest BCUT2D eigenvalue weighted by molar-refractivity contribution is -0.117. The lowest BCUT2D eigenvalue weighted by atomic mass is 10.1. The zero-order valence-corrected chi connectivity index (χ0v) is 15.5. The van der Waals surface area contributed by atoms with Crippen LogP contribution in [0.25, 0.3) is 12.2 Å². The Labute approximate surface area is 156 Å². The Kier molecular flexibility index (Phi) is 6.43. The van der Waals surface area contributed by atoms with Gasteiger partial charge in [0.05, 0.1) is 11.4 Å². The molecule has 0 saturated carbocycles. The maximum Gasteiger partial charge on any atom is 0.235 e. The van der Waals surface area contributed by atoms with Gasteiger partial charge in [-0.2, -0.15) is 0 Å². The van der Waals surface area contributed by atoms with Gasteiger partial charge in [0.25, 0.3) is 0 Å². The average molecular weight is 345 g/mol. The minimum absolute atomic E-state index is 0.110. The number of unbranched alkanes of at least 4 members (excludes halogenated alkanes) is 4. The molecule has 2 aromatic carbocycles. The van der Waals surface area contributed by atoms with Crippen molar-refractivity contribution in [2.24, 2.45) is 0 Å². The van der Waals surface area contributed by atoms with E-state index in [0.29, 0.717) is 6.42 Å². The Bertz CT molecular complexity index is 754. The first-order valence-electron chi connectivity index (χ1n) is 9.65. The van der Waals surface area contributed by atoms with E-state index in [1.807, 2.05) is 47.4 Å². The number of allylic oxidation sites excluding steroid dienone is 1. The summed E-state index contributed by atoms with van der Waals surface area (Å²) in [5.74, 6) is 0.110. The molecular weight excluding hydrogens is 318 g/mol. The molecule has 2 aromatic rings. The van der Waals surface area contributed by atoms with Crippen molar-refractivity contribution in [1.29, 1.82) is 0 Å². The van der Waals surface area contributed by atoms with Crippen molar-refractivity contribution < 1.29 is 4.79 Å². The zero-order valence-electron chi connectivity index (χ0n) is 15.5. The lowest BCUT2D eigenvalue weighted by Gasteiger charge is -2.24. The van der Waals surface area contributed by atoms with Gasteiger partial charge in [-0.3, -0.25) is 9.69 Å². The quantitative estimate of drug-likeness (QED) is 0.401. The molecule has 0 aromatic heterocycles. The highest BCUT2D eigenvalue weighted by molar-refractivity contribution is 6.06. The third-order valence-electron chi connectivity index (χ3n) is 4.73. The number of carbonyl (C=O) groups is 1. The molecule has 0 unspecified atom stereocenters. The summed E-state index contributed by atoms with van der Waals surface area (Å²) in [7, 11) is 0. The van der Waals surface area contributed by atoms with Gasteiger partial charge in [0, 0.05) is 6.42 Å². The van der Waals surface area contributed by atoms with Crippen LogP contribution in [0.2, 0.25) is 0 Å². The smallest absolute Gasteiger partial charge is 0.235 e. The summed E-state index contributed by atoms with van der Waals surface area (Å²) in [6, 6.07) is 16.2. The first kappa shape index (κ1) is 18.2. The van der Waals surface area contributed by atoms with E-state index in [1.54, 1.807) is 0 Å². The normalized spacial score (nSPS) is 12.7. The third-order valence-corrected chi connectivity index (χ3v) is 4.73. The molecule has 134 valence electrons. The summed E-state index contributed by atoms with van der Waals surface area (Å²) in [5.41, 5.74) is 4.05. The second-order valence-electron chi connectivity index (χ2n) is 6.70. The molecule has 0 spiro atoms. The molecule has 0 aliphatic carbocycles. The fraction of sp³-hybridized carbons (Fsp3) is 0.292. The predicted octanol–water partition coefficient (Wildman–Crippen LogP) is 6.75. The predicted molar refractivity (Wildman–Crippen MR) is 111 cm³/mol. The first-order valence-corrected chi connectivity index (χ1v) is 9.65.